The second-order valence-corrected chi connectivity index (χ2v) is 7.56. The number of nitrogens with one attached hydrogen (secondary N) is 2. The predicted octanol–water partition coefficient (Wildman–Crippen LogP) is 4.23. The summed E-state index contributed by atoms with van der Waals surface area (Å²) >= 11 is 0. The molecule has 1 spiro atoms. The number of halogens is 6. The molecule has 2 atom stereocenters. The highest BCUT2D eigenvalue weighted by Crippen LogP contribution is 2.44. The molecule has 2 fully saturated rings. The number of pyridine rings is 1. The third kappa shape index (κ3) is 3.32. The summed E-state index contributed by atoms with van der Waals surface area (Å²) in [5, 5.41) is 6.06. The van der Waals surface area contributed by atoms with Crippen LogP contribution in [0.25, 0.3) is 11.1 Å². The Morgan fingerprint density at radius 3 is 2.47 bits per heavy atom. The molecular weight excluding hydrogens is 412 g/mol. The van der Waals surface area contributed by atoms with Crippen molar-refractivity contribution in [2.24, 2.45) is 0 Å². The van der Waals surface area contributed by atoms with Gasteiger partial charge in [0.25, 0.3) is 0 Å². The van der Waals surface area contributed by atoms with E-state index in [9.17, 15) is 31.1 Å². The molecule has 4 nitrogen and oxygen atoms in total. The van der Waals surface area contributed by atoms with Gasteiger partial charge in [0.05, 0.1) is 11.7 Å². The van der Waals surface area contributed by atoms with E-state index in [1.54, 1.807) is 6.07 Å². The molecule has 0 radical (unpaired) electrons. The quantitative estimate of drug-likeness (QED) is 0.719. The van der Waals surface area contributed by atoms with Gasteiger partial charge in [-0.1, -0.05) is 12.1 Å². The lowest BCUT2D eigenvalue weighted by Gasteiger charge is -2.22. The predicted molar refractivity (Wildman–Crippen MR) is 95.0 cm³/mol. The Morgan fingerprint density at radius 1 is 1.07 bits per heavy atom. The minimum Gasteiger partial charge on any atom is -0.354 e. The summed E-state index contributed by atoms with van der Waals surface area (Å²) in [5.41, 5.74) is -1.41. The molecule has 1 aromatic carbocycles. The summed E-state index contributed by atoms with van der Waals surface area (Å²) in [6, 6.07) is 4.40. The third-order valence-electron chi connectivity index (χ3n) is 5.72. The molecule has 2 aliphatic heterocycles. The van der Waals surface area contributed by atoms with E-state index in [-0.39, 0.29) is 29.1 Å². The molecule has 1 aromatic heterocycles. The van der Waals surface area contributed by atoms with Crippen molar-refractivity contribution in [3.8, 4) is 11.1 Å². The van der Waals surface area contributed by atoms with Crippen LogP contribution in [0.5, 0.6) is 0 Å². The Labute approximate surface area is 167 Å². The van der Waals surface area contributed by atoms with Crippen molar-refractivity contribution in [3.05, 3.63) is 53.6 Å². The number of carbonyl (C=O) groups is 1. The average molecular weight is 429 g/mol. The summed E-state index contributed by atoms with van der Waals surface area (Å²) in [7, 11) is 0. The second-order valence-electron chi connectivity index (χ2n) is 7.56. The third-order valence-corrected chi connectivity index (χ3v) is 5.72. The highest BCUT2D eigenvalue weighted by Gasteiger charge is 2.58. The number of benzene rings is 1. The molecule has 0 saturated carbocycles. The first kappa shape index (κ1) is 20.6. The fourth-order valence-corrected chi connectivity index (χ4v) is 4.05. The first-order chi connectivity index (χ1) is 14.0. The fourth-order valence-electron chi connectivity index (χ4n) is 4.05. The van der Waals surface area contributed by atoms with Crippen molar-refractivity contribution in [3.63, 3.8) is 0 Å². The van der Waals surface area contributed by atoms with Gasteiger partial charge in [0, 0.05) is 23.9 Å². The molecule has 0 unspecified atom stereocenters. The van der Waals surface area contributed by atoms with Crippen molar-refractivity contribution in [1.82, 2.24) is 15.6 Å². The van der Waals surface area contributed by atoms with E-state index in [4.69, 9.17) is 0 Å². The van der Waals surface area contributed by atoms with E-state index in [0.29, 0.717) is 37.6 Å². The van der Waals surface area contributed by atoms with Crippen molar-refractivity contribution < 1.29 is 31.1 Å². The average Bonchev–Trinajstić information content (AvgIpc) is 3.28. The Morgan fingerprint density at radius 2 is 1.83 bits per heavy atom. The van der Waals surface area contributed by atoms with Crippen LogP contribution in [0.1, 0.15) is 36.6 Å². The van der Waals surface area contributed by atoms with Crippen LogP contribution < -0.4 is 10.6 Å². The topological polar surface area (TPSA) is 54.0 Å². The van der Waals surface area contributed by atoms with Gasteiger partial charge in [-0.3, -0.25) is 15.1 Å². The zero-order chi connectivity index (χ0) is 21.7. The summed E-state index contributed by atoms with van der Waals surface area (Å²) < 4.78 is 79.0. The van der Waals surface area contributed by atoms with Gasteiger partial charge in [-0.25, -0.2) is 4.39 Å². The molecule has 160 valence electrons. The van der Waals surface area contributed by atoms with E-state index < -0.39 is 29.0 Å². The maximum atomic E-state index is 14.5. The number of hydrogen-bond donors (Lipinski definition) is 2. The van der Waals surface area contributed by atoms with E-state index in [1.165, 1.54) is 12.3 Å². The number of carbonyl (C=O) groups excluding carboxylic acids is 1. The van der Waals surface area contributed by atoms with Gasteiger partial charge in [0.15, 0.2) is 0 Å². The normalized spacial score (nSPS) is 24.5. The lowest BCUT2D eigenvalue weighted by Crippen LogP contribution is -2.47. The van der Waals surface area contributed by atoms with Gasteiger partial charge in [-0.15, -0.1) is 0 Å². The van der Waals surface area contributed by atoms with Crippen LogP contribution >= 0.6 is 0 Å². The molecule has 3 heterocycles. The molecule has 2 aliphatic rings. The lowest BCUT2D eigenvalue weighted by molar-refractivity contribution is -0.289. The van der Waals surface area contributed by atoms with Gasteiger partial charge < -0.3 is 5.32 Å². The largest absolute Gasteiger partial charge is 0.458 e. The van der Waals surface area contributed by atoms with Crippen LogP contribution in [-0.4, -0.2) is 29.2 Å². The molecule has 30 heavy (non-hydrogen) atoms. The zero-order valence-electron chi connectivity index (χ0n) is 15.5. The number of rotatable bonds is 3. The molecule has 2 aromatic rings. The van der Waals surface area contributed by atoms with E-state index >= 15 is 0 Å². The van der Waals surface area contributed by atoms with Crippen LogP contribution in [0.4, 0.5) is 26.3 Å². The van der Waals surface area contributed by atoms with Crippen LogP contribution in [0, 0.1) is 5.82 Å². The van der Waals surface area contributed by atoms with Crippen molar-refractivity contribution >= 4 is 5.91 Å². The molecule has 10 heteroatoms. The van der Waals surface area contributed by atoms with Gasteiger partial charge in [-0.2, -0.15) is 22.0 Å². The minimum atomic E-state index is -5.82. The van der Waals surface area contributed by atoms with E-state index in [1.807, 2.05) is 0 Å². The first-order valence-corrected chi connectivity index (χ1v) is 9.30. The van der Waals surface area contributed by atoms with Gasteiger partial charge in [-0.05, 0) is 43.0 Å². The monoisotopic (exact) mass is 429 g/mol. The standard InChI is InChI=1S/C20H17F6N3O/c21-14-10-12(19(22,23)20(24,25)26)1-2-13(14)11-4-7-27-16(9-11)15-3-5-18(29-15)6-8-28-17(18)30/h1-2,4,7,9-10,15,29H,3,5-6,8H2,(H,28,30)/t15-,18+/m1/s1. The van der Waals surface area contributed by atoms with E-state index in [2.05, 4.69) is 15.6 Å². The summed E-state index contributed by atoms with van der Waals surface area (Å²) in [6.07, 6.45) is -2.52. The summed E-state index contributed by atoms with van der Waals surface area (Å²) in [6.45, 7) is 0.576. The van der Waals surface area contributed by atoms with Crippen LogP contribution in [-0.2, 0) is 10.7 Å². The minimum absolute atomic E-state index is 0.0756. The van der Waals surface area contributed by atoms with E-state index in [0.717, 1.165) is 6.07 Å². The molecule has 0 bridgehead atoms. The lowest BCUT2D eigenvalue weighted by atomic mass is 9.96. The number of alkyl halides is 5. The maximum absolute atomic E-state index is 14.5. The SMILES string of the molecule is O=C1NCC[C@@]12CC[C@H](c1cc(-c3ccc(C(F)(F)C(F)(F)F)cc3F)ccn1)N2. The van der Waals surface area contributed by atoms with Crippen molar-refractivity contribution in [2.75, 3.05) is 6.54 Å². The Kier molecular flexibility index (Phi) is 4.80. The summed E-state index contributed by atoms with van der Waals surface area (Å²) in [4.78, 5) is 16.4. The van der Waals surface area contributed by atoms with Gasteiger partial charge in [0.2, 0.25) is 5.91 Å². The highest BCUT2D eigenvalue weighted by atomic mass is 19.4. The smallest absolute Gasteiger partial charge is 0.354 e. The molecule has 2 saturated heterocycles. The Bertz CT molecular complexity index is 993. The summed E-state index contributed by atoms with van der Waals surface area (Å²) in [5.74, 6) is -6.42. The highest BCUT2D eigenvalue weighted by molar-refractivity contribution is 5.88. The Hall–Kier alpha value is -2.62. The number of aromatic nitrogens is 1. The molecular formula is C20H17F6N3O. The zero-order valence-corrected chi connectivity index (χ0v) is 15.5. The van der Waals surface area contributed by atoms with Crippen LogP contribution in [0.15, 0.2) is 36.5 Å². The number of hydrogen-bond acceptors (Lipinski definition) is 3. The number of amides is 1. The molecule has 4 rings (SSSR count). The maximum Gasteiger partial charge on any atom is 0.458 e. The first-order valence-electron chi connectivity index (χ1n) is 9.30. The van der Waals surface area contributed by atoms with Gasteiger partial charge >= 0.3 is 12.1 Å². The second kappa shape index (κ2) is 6.97. The molecule has 0 aliphatic carbocycles. The van der Waals surface area contributed by atoms with Crippen LogP contribution in [0.3, 0.4) is 0 Å². The Balaban J connectivity index is 1.61. The fraction of sp³-hybridized carbons (Fsp3) is 0.400. The van der Waals surface area contributed by atoms with Crippen molar-refractivity contribution in [1.29, 1.82) is 0 Å². The van der Waals surface area contributed by atoms with Gasteiger partial charge in [0.1, 0.15) is 11.4 Å². The molecule has 2 N–H and O–H groups in total. The molecule has 1 amide bonds. The van der Waals surface area contributed by atoms with Crippen molar-refractivity contribution in [2.45, 2.75) is 42.9 Å². The van der Waals surface area contributed by atoms with Crippen LogP contribution in [0.2, 0.25) is 0 Å². The number of nitrogens with zero attached hydrogens (tertiary/aromatic N) is 1.